The molecule has 4 nitrogen and oxygen atoms in total. The molecule has 0 aromatic heterocycles. The van der Waals surface area contributed by atoms with E-state index in [4.69, 9.17) is 5.26 Å². The second-order valence-corrected chi connectivity index (χ2v) is 6.52. The number of ketones is 1. The number of rotatable bonds is 5. The third-order valence-corrected chi connectivity index (χ3v) is 4.86. The normalized spacial score (nSPS) is 15.1. The molecular weight excluding hydrogens is 341 g/mol. The van der Waals surface area contributed by atoms with Gasteiger partial charge in [0.1, 0.15) is 5.82 Å². The number of nitrogens with zero attached hydrogens (tertiary/aromatic N) is 3. The van der Waals surface area contributed by atoms with Crippen molar-refractivity contribution in [3.8, 4) is 6.07 Å². The fraction of sp³-hybridized carbons (Fsp3) is 0.273. The Morgan fingerprint density at radius 3 is 2.44 bits per heavy atom. The van der Waals surface area contributed by atoms with Gasteiger partial charge in [0.25, 0.3) is 0 Å². The molecule has 0 radical (unpaired) electrons. The lowest BCUT2D eigenvalue weighted by molar-refractivity contribution is 0.104. The standard InChI is InChI=1S/C22H22FN3O/c1-2-25-11-13-26(14-12-25)21-9-8-19(15-20(21)23)22(27)10-7-17-3-5-18(16-24)6-4-17/h3-10,15H,2,11-14H2,1H3/b10-7+. The molecule has 0 aliphatic carbocycles. The topological polar surface area (TPSA) is 47.3 Å². The van der Waals surface area contributed by atoms with Crippen LogP contribution in [0.2, 0.25) is 0 Å². The Morgan fingerprint density at radius 2 is 1.85 bits per heavy atom. The van der Waals surface area contributed by atoms with Gasteiger partial charge in [0.05, 0.1) is 17.3 Å². The van der Waals surface area contributed by atoms with Crippen LogP contribution < -0.4 is 4.90 Å². The van der Waals surface area contributed by atoms with Gasteiger partial charge in [-0.05, 0) is 48.5 Å². The lowest BCUT2D eigenvalue weighted by Gasteiger charge is -2.35. The average Bonchev–Trinajstić information content (AvgIpc) is 2.72. The molecule has 3 rings (SSSR count). The third-order valence-electron chi connectivity index (χ3n) is 4.86. The van der Waals surface area contributed by atoms with E-state index in [1.54, 1.807) is 42.5 Å². The summed E-state index contributed by atoms with van der Waals surface area (Å²) in [5.74, 6) is -0.613. The van der Waals surface area contributed by atoms with Gasteiger partial charge >= 0.3 is 0 Å². The van der Waals surface area contributed by atoms with Crippen LogP contribution >= 0.6 is 0 Å². The first-order chi connectivity index (χ1) is 13.1. The van der Waals surface area contributed by atoms with Crippen molar-refractivity contribution in [2.24, 2.45) is 0 Å². The van der Waals surface area contributed by atoms with Crippen LogP contribution in [0.4, 0.5) is 10.1 Å². The van der Waals surface area contributed by atoms with E-state index in [1.807, 2.05) is 11.0 Å². The molecule has 5 heteroatoms. The number of carbonyl (C=O) groups is 1. The van der Waals surface area contributed by atoms with E-state index >= 15 is 0 Å². The SMILES string of the molecule is CCN1CCN(c2ccc(C(=O)/C=C/c3ccc(C#N)cc3)cc2F)CC1. The predicted molar refractivity (Wildman–Crippen MR) is 105 cm³/mol. The quantitative estimate of drug-likeness (QED) is 0.600. The number of nitriles is 1. The number of benzene rings is 2. The number of anilines is 1. The van der Waals surface area contributed by atoms with Gasteiger partial charge in [0, 0.05) is 31.7 Å². The monoisotopic (exact) mass is 363 g/mol. The van der Waals surface area contributed by atoms with Crippen molar-refractivity contribution in [2.45, 2.75) is 6.92 Å². The van der Waals surface area contributed by atoms with Gasteiger partial charge in [-0.2, -0.15) is 5.26 Å². The number of allylic oxidation sites excluding steroid dienone is 1. The largest absolute Gasteiger partial charge is 0.367 e. The summed E-state index contributed by atoms with van der Waals surface area (Å²) in [4.78, 5) is 16.7. The zero-order valence-electron chi connectivity index (χ0n) is 15.4. The van der Waals surface area contributed by atoms with Crippen molar-refractivity contribution in [1.29, 1.82) is 5.26 Å². The molecule has 1 fully saturated rings. The number of hydrogen-bond acceptors (Lipinski definition) is 4. The molecule has 1 saturated heterocycles. The van der Waals surface area contributed by atoms with E-state index in [1.165, 1.54) is 12.1 Å². The summed E-state index contributed by atoms with van der Waals surface area (Å²) >= 11 is 0. The Balaban J connectivity index is 1.68. The highest BCUT2D eigenvalue weighted by Crippen LogP contribution is 2.22. The second kappa shape index (κ2) is 8.61. The smallest absolute Gasteiger partial charge is 0.185 e. The fourth-order valence-electron chi connectivity index (χ4n) is 3.16. The zero-order valence-corrected chi connectivity index (χ0v) is 15.4. The number of piperazine rings is 1. The van der Waals surface area contributed by atoms with Gasteiger partial charge in [0.15, 0.2) is 5.78 Å². The van der Waals surface area contributed by atoms with E-state index in [2.05, 4.69) is 11.8 Å². The van der Waals surface area contributed by atoms with E-state index in [-0.39, 0.29) is 11.6 Å². The highest BCUT2D eigenvalue weighted by atomic mass is 19.1. The van der Waals surface area contributed by atoms with Gasteiger partial charge in [-0.15, -0.1) is 0 Å². The van der Waals surface area contributed by atoms with Crippen molar-refractivity contribution in [1.82, 2.24) is 4.90 Å². The number of halogens is 1. The Morgan fingerprint density at radius 1 is 1.15 bits per heavy atom. The Hall–Kier alpha value is -2.97. The van der Waals surface area contributed by atoms with E-state index in [0.717, 1.165) is 38.3 Å². The average molecular weight is 363 g/mol. The van der Waals surface area contributed by atoms with Crippen LogP contribution in [0.25, 0.3) is 6.08 Å². The molecular formula is C22H22FN3O. The van der Waals surface area contributed by atoms with Gasteiger partial charge in [0.2, 0.25) is 0 Å². The molecule has 138 valence electrons. The third kappa shape index (κ3) is 4.60. The van der Waals surface area contributed by atoms with Crippen LogP contribution in [0.3, 0.4) is 0 Å². The van der Waals surface area contributed by atoms with Crippen molar-refractivity contribution in [3.05, 3.63) is 71.0 Å². The molecule has 0 unspecified atom stereocenters. The second-order valence-electron chi connectivity index (χ2n) is 6.52. The van der Waals surface area contributed by atoms with Gasteiger partial charge < -0.3 is 9.80 Å². The lowest BCUT2D eigenvalue weighted by Crippen LogP contribution is -2.46. The van der Waals surface area contributed by atoms with Crippen LogP contribution in [-0.4, -0.2) is 43.4 Å². The molecule has 2 aromatic rings. The molecule has 2 aromatic carbocycles. The van der Waals surface area contributed by atoms with Crippen LogP contribution in [0.15, 0.2) is 48.5 Å². The number of carbonyl (C=O) groups excluding carboxylic acids is 1. The van der Waals surface area contributed by atoms with Gasteiger partial charge in [-0.1, -0.05) is 25.1 Å². The molecule has 0 N–H and O–H groups in total. The highest BCUT2D eigenvalue weighted by molar-refractivity contribution is 6.07. The van der Waals surface area contributed by atoms with Crippen molar-refractivity contribution in [2.75, 3.05) is 37.6 Å². The summed E-state index contributed by atoms with van der Waals surface area (Å²) < 4.78 is 14.6. The molecule has 27 heavy (non-hydrogen) atoms. The van der Waals surface area contributed by atoms with Gasteiger partial charge in [-0.3, -0.25) is 4.79 Å². The summed E-state index contributed by atoms with van der Waals surface area (Å²) in [6.07, 6.45) is 3.09. The first kappa shape index (κ1) is 18.8. The summed E-state index contributed by atoms with van der Waals surface area (Å²) in [5.41, 5.74) is 2.26. The van der Waals surface area contributed by atoms with Crippen LogP contribution in [-0.2, 0) is 0 Å². The minimum atomic E-state index is -0.363. The zero-order chi connectivity index (χ0) is 19.2. The number of hydrogen-bond donors (Lipinski definition) is 0. The molecule has 0 saturated carbocycles. The minimum Gasteiger partial charge on any atom is -0.367 e. The van der Waals surface area contributed by atoms with Crippen LogP contribution in [0.1, 0.15) is 28.4 Å². The fourth-order valence-corrected chi connectivity index (χ4v) is 3.16. The first-order valence-electron chi connectivity index (χ1n) is 9.10. The minimum absolute atomic E-state index is 0.249. The maximum Gasteiger partial charge on any atom is 0.185 e. The predicted octanol–water partition coefficient (Wildman–Crippen LogP) is 3.74. The first-order valence-corrected chi connectivity index (χ1v) is 9.10. The Bertz CT molecular complexity index is 875. The molecule has 1 aliphatic heterocycles. The maximum atomic E-state index is 14.6. The number of likely N-dealkylation sites (N-methyl/N-ethyl adjacent to an activating group) is 1. The molecule has 0 bridgehead atoms. The van der Waals surface area contributed by atoms with E-state index in [0.29, 0.717) is 16.8 Å². The van der Waals surface area contributed by atoms with Crippen LogP contribution in [0, 0.1) is 17.1 Å². The Labute approximate surface area is 159 Å². The molecule has 1 aliphatic rings. The molecule has 0 atom stereocenters. The summed E-state index contributed by atoms with van der Waals surface area (Å²) in [5, 5.41) is 8.80. The Kier molecular flexibility index (Phi) is 6.00. The molecule has 1 heterocycles. The highest BCUT2D eigenvalue weighted by Gasteiger charge is 2.19. The summed E-state index contributed by atoms with van der Waals surface area (Å²) in [7, 11) is 0. The van der Waals surface area contributed by atoms with Crippen molar-refractivity contribution < 1.29 is 9.18 Å². The van der Waals surface area contributed by atoms with Crippen molar-refractivity contribution >= 4 is 17.5 Å². The lowest BCUT2D eigenvalue weighted by atomic mass is 10.1. The molecule has 0 amide bonds. The van der Waals surface area contributed by atoms with Gasteiger partial charge in [-0.25, -0.2) is 4.39 Å². The summed E-state index contributed by atoms with van der Waals surface area (Å²) in [6, 6.07) is 13.6. The summed E-state index contributed by atoms with van der Waals surface area (Å²) in [6.45, 7) is 6.55. The van der Waals surface area contributed by atoms with Crippen LogP contribution in [0.5, 0.6) is 0 Å². The van der Waals surface area contributed by atoms with E-state index < -0.39 is 0 Å². The molecule has 0 spiro atoms. The maximum absolute atomic E-state index is 14.6. The van der Waals surface area contributed by atoms with Crippen molar-refractivity contribution in [3.63, 3.8) is 0 Å². The van der Waals surface area contributed by atoms with E-state index in [9.17, 15) is 9.18 Å².